The molecule has 2 aliphatic heterocycles. The second-order valence-electron chi connectivity index (χ2n) is 10.0. The molecule has 1 fully saturated rings. The molecular formula is C28H24ClFN6O2. The number of carbonyl (C=O) groups is 1. The summed E-state index contributed by atoms with van der Waals surface area (Å²) in [6, 6.07) is 6.27. The van der Waals surface area contributed by atoms with Gasteiger partial charge in [0, 0.05) is 42.8 Å². The van der Waals surface area contributed by atoms with Gasteiger partial charge in [-0.15, -0.1) is 0 Å². The van der Waals surface area contributed by atoms with Gasteiger partial charge in [-0.2, -0.15) is 5.10 Å². The van der Waals surface area contributed by atoms with Gasteiger partial charge in [-0.3, -0.25) is 19.5 Å². The summed E-state index contributed by atoms with van der Waals surface area (Å²) >= 11 is 6.74. The number of nitrogens with one attached hydrogen (secondary N) is 1. The molecule has 192 valence electrons. The predicted molar refractivity (Wildman–Crippen MR) is 141 cm³/mol. The number of halogens is 2. The largest absolute Gasteiger partial charge is 0.484 e. The Labute approximate surface area is 223 Å². The van der Waals surface area contributed by atoms with Crippen LogP contribution in [0, 0.1) is 5.82 Å². The molecule has 4 aromatic rings. The fraction of sp³-hybridized carbons (Fsp3) is 0.286. The molecular weight excluding hydrogens is 507 g/mol. The SMILES string of the molecule is Cn1cc(-c2ncc(C3CC3)c3c2NC(=O)N(c2cc4c(cc2Cl)CCC(c2ncccc2F)O4)C3)cn1. The van der Waals surface area contributed by atoms with Crippen LogP contribution in [-0.4, -0.2) is 25.8 Å². The molecule has 1 aliphatic carbocycles. The first-order valence-electron chi connectivity index (χ1n) is 12.6. The van der Waals surface area contributed by atoms with E-state index in [0.29, 0.717) is 47.5 Å². The van der Waals surface area contributed by atoms with Crippen LogP contribution in [0.2, 0.25) is 5.02 Å². The number of urea groups is 1. The van der Waals surface area contributed by atoms with E-state index in [1.165, 1.54) is 6.07 Å². The Morgan fingerprint density at radius 1 is 1.18 bits per heavy atom. The Hall–Kier alpha value is -3.98. The first kappa shape index (κ1) is 23.2. The van der Waals surface area contributed by atoms with Crippen LogP contribution in [-0.2, 0) is 20.0 Å². The van der Waals surface area contributed by atoms with Crippen LogP contribution in [0.15, 0.2) is 49.1 Å². The number of anilines is 2. The van der Waals surface area contributed by atoms with E-state index in [1.807, 2.05) is 25.5 Å². The van der Waals surface area contributed by atoms with Crippen molar-refractivity contribution in [2.24, 2.45) is 7.05 Å². The van der Waals surface area contributed by atoms with E-state index in [-0.39, 0.29) is 11.7 Å². The van der Waals surface area contributed by atoms with Gasteiger partial charge in [0.1, 0.15) is 23.4 Å². The van der Waals surface area contributed by atoms with Crippen molar-refractivity contribution in [1.29, 1.82) is 0 Å². The molecule has 3 aromatic heterocycles. The van der Waals surface area contributed by atoms with Gasteiger partial charge >= 0.3 is 6.03 Å². The molecule has 2 amide bonds. The number of aryl methyl sites for hydroxylation is 2. The molecule has 10 heteroatoms. The van der Waals surface area contributed by atoms with Crippen LogP contribution in [0.3, 0.4) is 0 Å². The third-order valence-corrected chi connectivity index (χ3v) is 7.77. The zero-order valence-electron chi connectivity index (χ0n) is 20.6. The third kappa shape index (κ3) is 3.89. The van der Waals surface area contributed by atoms with Crippen molar-refractivity contribution >= 4 is 29.0 Å². The van der Waals surface area contributed by atoms with Crippen LogP contribution in [0.4, 0.5) is 20.6 Å². The Balaban J connectivity index is 1.26. The van der Waals surface area contributed by atoms with E-state index in [1.54, 1.807) is 34.1 Å². The fourth-order valence-electron chi connectivity index (χ4n) is 5.40. The van der Waals surface area contributed by atoms with Crippen LogP contribution in [0.25, 0.3) is 11.3 Å². The summed E-state index contributed by atoms with van der Waals surface area (Å²) in [5.41, 5.74) is 6.18. The molecule has 0 bridgehead atoms. The first-order chi connectivity index (χ1) is 18.5. The maximum Gasteiger partial charge on any atom is 0.326 e. The minimum Gasteiger partial charge on any atom is -0.484 e. The van der Waals surface area contributed by atoms with Crippen molar-refractivity contribution in [3.63, 3.8) is 0 Å². The van der Waals surface area contributed by atoms with Crippen LogP contribution in [0.5, 0.6) is 5.75 Å². The second-order valence-corrected chi connectivity index (χ2v) is 10.4. The smallest absolute Gasteiger partial charge is 0.326 e. The monoisotopic (exact) mass is 530 g/mol. The lowest BCUT2D eigenvalue weighted by Gasteiger charge is -2.33. The van der Waals surface area contributed by atoms with E-state index in [4.69, 9.17) is 21.3 Å². The predicted octanol–water partition coefficient (Wildman–Crippen LogP) is 6.17. The molecule has 5 heterocycles. The zero-order chi connectivity index (χ0) is 26.0. The molecule has 1 aromatic carbocycles. The normalized spacial score (nSPS) is 18.4. The van der Waals surface area contributed by atoms with Gasteiger partial charge in [0.15, 0.2) is 0 Å². The average Bonchev–Trinajstić information content (AvgIpc) is 3.67. The van der Waals surface area contributed by atoms with Gasteiger partial charge in [0.25, 0.3) is 0 Å². The number of ether oxygens (including phenoxy) is 1. The molecule has 1 atom stereocenters. The lowest BCUT2D eigenvalue weighted by molar-refractivity contribution is 0.167. The maximum atomic E-state index is 14.4. The Morgan fingerprint density at radius 3 is 2.82 bits per heavy atom. The summed E-state index contributed by atoms with van der Waals surface area (Å²) in [5.74, 6) is 0.623. The highest BCUT2D eigenvalue weighted by atomic mass is 35.5. The summed E-state index contributed by atoms with van der Waals surface area (Å²) < 4.78 is 22.3. The molecule has 1 unspecified atom stereocenters. The van der Waals surface area contributed by atoms with Crippen molar-refractivity contribution in [3.8, 4) is 17.0 Å². The second kappa shape index (κ2) is 8.80. The van der Waals surface area contributed by atoms with Crippen LogP contribution in [0.1, 0.15) is 53.7 Å². The lowest BCUT2D eigenvalue weighted by atomic mass is 9.97. The van der Waals surface area contributed by atoms with Crippen molar-refractivity contribution in [2.45, 2.75) is 44.2 Å². The number of pyridine rings is 2. The Morgan fingerprint density at radius 2 is 2.05 bits per heavy atom. The lowest BCUT2D eigenvalue weighted by Crippen LogP contribution is -2.40. The summed E-state index contributed by atoms with van der Waals surface area (Å²) in [5, 5.41) is 7.82. The number of rotatable bonds is 4. The molecule has 38 heavy (non-hydrogen) atoms. The standard InChI is InChI=1S/C28H24ClFN6O2/c1-35-13-17(11-33-35)25-26-19(18(12-32-25)15-4-5-15)14-36(28(37)34-26)22-10-24-16(9-20(22)29)6-7-23(38-24)27-21(30)3-2-8-31-27/h2-3,8-13,15,23H,4-7,14H2,1H3,(H,34,37). The van der Waals surface area contributed by atoms with Gasteiger partial charge in [-0.1, -0.05) is 11.6 Å². The zero-order valence-corrected chi connectivity index (χ0v) is 21.4. The summed E-state index contributed by atoms with van der Waals surface area (Å²) in [6.07, 6.45) is 10.1. The maximum absolute atomic E-state index is 14.4. The van der Waals surface area contributed by atoms with Gasteiger partial charge in [0.05, 0.1) is 34.8 Å². The van der Waals surface area contributed by atoms with E-state index in [0.717, 1.165) is 40.8 Å². The topological polar surface area (TPSA) is 85.2 Å². The van der Waals surface area contributed by atoms with Gasteiger partial charge in [-0.25, -0.2) is 9.18 Å². The van der Waals surface area contributed by atoms with E-state index in [9.17, 15) is 9.18 Å². The molecule has 7 rings (SSSR count). The van der Waals surface area contributed by atoms with E-state index < -0.39 is 11.9 Å². The number of hydrogen-bond donors (Lipinski definition) is 1. The highest BCUT2D eigenvalue weighted by Crippen LogP contribution is 2.48. The van der Waals surface area contributed by atoms with E-state index >= 15 is 0 Å². The first-order valence-corrected chi connectivity index (χ1v) is 13.0. The number of nitrogens with zero attached hydrogens (tertiary/aromatic N) is 5. The average molecular weight is 531 g/mol. The molecule has 0 radical (unpaired) electrons. The summed E-state index contributed by atoms with van der Waals surface area (Å²) in [4.78, 5) is 24.1. The van der Waals surface area contributed by atoms with Gasteiger partial charge < -0.3 is 10.1 Å². The molecule has 0 spiro atoms. The Bertz CT molecular complexity index is 1600. The number of benzene rings is 1. The fourth-order valence-corrected chi connectivity index (χ4v) is 5.69. The summed E-state index contributed by atoms with van der Waals surface area (Å²) in [7, 11) is 1.85. The number of amides is 2. The van der Waals surface area contributed by atoms with Crippen molar-refractivity contribution in [3.05, 3.63) is 82.3 Å². The third-order valence-electron chi connectivity index (χ3n) is 7.47. The molecule has 8 nitrogen and oxygen atoms in total. The molecule has 3 aliphatic rings. The van der Waals surface area contributed by atoms with Gasteiger partial charge in [-0.05, 0) is 60.9 Å². The Kier molecular flexibility index (Phi) is 5.36. The molecule has 1 saturated carbocycles. The van der Waals surface area contributed by atoms with Crippen molar-refractivity contribution in [2.75, 3.05) is 10.2 Å². The number of hydrogen-bond acceptors (Lipinski definition) is 5. The van der Waals surface area contributed by atoms with Gasteiger partial charge in [0.2, 0.25) is 0 Å². The number of fused-ring (bicyclic) bond motifs is 2. The highest BCUT2D eigenvalue weighted by molar-refractivity contribution is 6.34. The highest BCUT2D eigenvalue weighted by Gasteiger charge is 2.36. The van der Waals surface area contributed by atoms with Crippen molar-refractivity contribution < 1.29 is 13.9 Å². The molecule has 1 N–H and O–H groups in total. The van der Waals surface area contributed by atoms with Crippen LogP contribution < -0.4 is 15.0 Å². The summed E-state index contributed by atoms with van der Waals surface area (Å²) in [6.45, 7) is 0.347. The van der Waals surface area contributed by atoms with Crippen LogP contribution >= 0.6 is 11.6 Å². The minimum atomic E-state index is -0.511. The quantitative estimate of drug-likeness (QED) is 0.341. The van der Waals surface area contributed by atoms with Crippen molar-refractivity contribution in [1.82, 2.24) is 19.7 Å². The number of aromatic nitrogens is 4. The minimum absolute atomic E-state index is 0.281. The van der Waals surface area contributed by atoms with E-state index in [2.05, 4.69) is 15.4 Å². The molecule has 0 saturated heterocycles. The number of carbonyl (C=O) groups excluding carboxylic acids is 1.